The molecule has 0 saturated carbocycles. The second kappa shape index (κ2) is 4.83. The molecule has 0 saturated heterocycles. The summed E-state index contributed by atoms with van der Waals surface area (Å²) < 4.78 is 1.28. The van der Waals surface area contributed by atoms with Crippen LogP contribution in [0.1, 0.15) is 5.69 Å². The molecule has 2 aromatic rings. The smallest absolute Gasteiger partial charge is 0.274 e. The van der Waals surface area contributed by atoms with Gasteiger partial charge in [-0.2, -0.15) is 5.10 Å². The molecule has 0 bridgehead atoms. The van der Waals surface area contributed by atoms with Crippen LogP contribution in [0.5, 0.6) is 0 Å². The van der Waals surface area contributed by atoms with E-state index < -0.39 is 0 Å². The van der Waals surface area contributed by atoms with Crippen LogP contribution < -0.4 is 10.9 Å². The van der Waals surface area contributed by atoms with E-state index in [9.17, 15) is 9.59 Å². The van der Waals surface area contributed by atoms with Crippen LogP contribution in [0.3, 0.4) is 0 Å². The van der Waals surface area contributed by atoms with E-state index in [4.69, 9.17) is 0 Å². The topological polar surface area (TPSA) is 64.0 Å². The van der Waals surface area contributed by atoms with Crippen molar-refractivity contribution in [1.82, 2.24) is 15.1 Å². The molecule has 0 aliphatic heterocycles. The summed E-state index contributed by atoms with van der Waals surface area (Å²) in [5, 5.41) is 8.16. The third-order valence-electron chi connectivity index (χ3n) is 2.65. The lowest BCUT2D eigenvalue weighted by Crippen LogP contribution is -2.26. The Kier molecular flexibility index (Phi) is 3.23. The number of fused-ring (bicyclic) bond motifs is 1. The van der Waals surface area contributed by atoms with Gasteiger partial charge in [0.05, 0.1) is 17.6 Å². The zero-order valence-corrected chi connectivity index (χ0v) is 10.0. The molecule has 0 spiro atoms. The molecular weight excluding hydrogens is 230 g/mol. The van der Waals surface area contributed by atoms with Gasteiger partial charge in [0.15, 0.2) is 0 Å². The molecule has 1 aromatic heterocycles. The van der Waals surface area contributed by atoms with Gasteiger partial charge in [-0.3, -0.25) is 9.59 Å². The molecule has 18 heavy (non-hydrogen) atoms. The summed E-state index contributed by atoms with van der Waals surface area (Å²) in [6.07, 6.45) is 1.20. The maximum Gasteiger partial charge on any atom is 0.274 e. The van der Waals surface area contributed by atoms with Gasteiger partial charge < -0.3 is 5.32 Å². The van der Waals surface area contributed by atoms with Crippen molar-refractivity contribution in [1.29, 1.82) is 0 Å². The van der Waals surface area contributed by atoms with E-state index in [2.05, 4.69) is 17.0 Å². The molecule has 0 aliphatic carbocycles. The Morgan fingerprint density at radius 1 is 1.44 bits per heavy atom. The van der Waals surface area contributed by atoms with Crippen molar-refractivity contribution in [3.8, 4) is 0 Å². The fourth-order valence-electron chi connectivity index (χ4n) is 1.75. The standard InChI is InChI=1S/C13H13N3O2/c1-3-12(17)14-8-11-9-6-4-5-7-10(9)13(18)16(2)15-11/h3-7H,1,8H2,2H3,(H,14,17). The number of aryl methyl sites for hydroxylation is 1. The normalized spacial score (nSPS) is 10.3. The highest BCUT2D eigenvalue weighted by molar-refractivity contribution is 5.88. The molecule has 0 atom stereocenters. The van der Waals surface area contributed by atoms with Crippen LogP contribution in [0.15, 0.2) is 41.7 Å². The molecule has 1 heterocycles. The average Bonchev–Trinajstić information content (AvgIpc) is 2.41. The summed E-state index contributed by atoms with van der Waals surface area (Å²) in [7, 11) is 1.59. The Bertz CT molecular complexity index is 673. The third kappa shape index (κ3) is 2.15. The molecule has 2 rings (SSSR count). The minimum atomic E-state index is -0.269. The van der Waals surface area contributed by atoms with Crippen molar-refractivity contribution in [2.24, 2.45) is 7.05 Å². The Labute approximate surface area is 104 Å². The third-order valence-corrected chi connectivity index (χ3v) is 2.65. The highest BCUT2D eigenvalue weighted by Gasteiger charge is 2.08. The number of carbonyl (C=O) groups is 1. The molecule has 92 valence electrons. The first kappa shape index (κ1) is 12.0. The van der Waals surface area contributed by atoms with Gasteiger partial charge in [0.25, 0.3) is 5.56 Å². The molecule has 0 fully saturated rings. The second-order valence-electron chi connectivity index (χ2n) is 3.84. The van der Waals surface area contributed by atoms with Crippen molar-refractivity contribution in [3.05, 3.63) is 53.0 Å². The van der Waals surface area contributed by atoms with Crippen LogP contribution >= 0.6 is 0 Å². The van der Waals surface area contributed by atoms with E-state index in [0.29, 0.717) is 11.1 Å². The van der Waals surface area contributed by atoms with Crippen LogP contribution in [0.25, 0.3) is 10.8 Å². The largest absolute Gasteiger partial charge is 0.347 e. The van der Waals surface area contributed by atoms with Crippen LogP contribution in [-0.4, -0.2) is 15.7 Å². The minimum Gasteiger partial charge on any atom is -0.347 e. The molecule has 5 nitrogen and oxygen atoms in total. The predicted octanol–water partition coefficient (Wildman–Crippen LogP) is 0.736. The number of hydrogen-bond donors (Lipinski definition) is 1. The summed E-state index contributed by atoms with van der Waals surface area (Å²) in [5.41, 5.74) is 0.507. The molecule has 1 amide bonds. The Hall–Kier alpha value is -2.43. The number of hydrogen-bond acceptors (Lipinski definition) is 3. The van der Waals surface area contributed by atoms with Gasteiger partial charge in [0, 0.05) is 12.4 Å². The Balaban J connectivity index is 2.50. The van der Waals surface area contributed by atoms with Crippen molar-refractivity contribution in [2.45, 2.75) is 6.54 Å². The lowest BCUT2D eigenvalue weighted by atomic mass is 10.1. The minimum absolute atomic E-state index is 0.149. The number of amides is 1. The maximum absolute atomic E-state index is 11.9. The number of carbonyl (C=O) groups excluding carboxylic acids is 1. The lowest BCUT2D eigenvalue weighted by Gasteiger charge is -2.08. The molecule has 0 aliphatic rings. The van der Waals surface area contributed by atoms with E-state index in [1.807, 2.05) is 12.1 Å². The van der Waals surface area contributed by atoms with Gasteiger partial charge in [-0.25, -0.2) is 4.68 Å². The summed E-state index contributed by atoms with van der Waals surface area (Å²) in [5.74, 6) is -0.269. The maximum atomic E-state index is 11.9. The number of rotatable bonds is 3. The first-order valence-electron chi connectivity index (χ1n) is 5.48. The lowest BCUT2D eigenvalue weighted by molar-refractivity contribution is -0.116. The zero-order chi connectivity index (χ0) is 13.1. The number of aromatic nitrogens is 2. The summed E-state index contributed by atoms with van der Waals surface area (Å²) in [4.78, 5) is 23.0. The highest BCUT2D eigenvalue weighted by atomic mass is 16.1. The first-order chi connectivity index (χ1) is 8.63. The van der Waals surface area contributed by atoms with Gasteiger partial charge >= 0.3 is 0 Å². The Morgan fingerprint density at radius 2 is 2.11 bits per heavy atom. The number of nitrogens with zero attached hydrogens (tertiary/aromatic N) is 2. The average molecular weight is 243 g/mol. The van der Waals surface area contributed by atoms with Crippen LogP contribution in [0.4, 0.5) is 0 Å². The zero-order valence-electron chi connectivity index (χ0n) is 10.0. The molecule has 1 aromatic carbocycles. The monoisotopic (exact) mass is 243 g/mol. The Morgan fingerprint density at radius 3 is 2.78 bits per heavy atom. The predicted molar refractivity (Wildman–Crippen MR) is 69.0 cm³/mol. The van der Waals surface area contributed by atoms with Gasteiger partial charge in [-0.15, -0.1) is 0 Å². The van der Waals surface area contributed by atoms with Gasteiger partial charge in [0.1, 0.15) is 0 Å². The van der Waals surface area contributed by atoms with Crippen LogP contribution in [0.2, 0.25) is 0 Å². The van der Waals surface area contributed by atoms with Crippen LogP contribution in [0, 0.1) is 0 Å². The summed E-state index contributed by atoms with van der Waals surface area (Å²) in [6, 6.07) is 7.20. The van der Waals surface area contributed by atoms with E-state index in [1.54, 1.807) is 19.2 Å². The number of nitrogens with one attached hydrogen (secondary N) is 1. The van der Waals surface area contributed by atoms with E-state index >= 15 is 0 Å². The van der Waals surface area contributed by atoms with Gasteiger partial charge in [-0.05, 0) is 12.1 Å². The fourth-order valence-corrected chi connectivity index (χ4v) is 1.75. The first-order valence-corrected chi connectivity index (χ1v) is 5.48. The van der Waals surface area contributed by atoms with Gasteiger partial charge in [0.2, 0.25) is 5.91 Å². The van der Waals surface area contributed by atoms with Crippen molar-refractivity contribution < 1.29 is 4.79 Å². The van der Waals surface area contributed by atoms with Gasteiger partial charge in [-0.1, -0.05) is 24.8 Å². The second-order valence-corrected chi connectivity index (χ2v) is 3.84. The van der Waals surface area contributed by atoms with Crippen LogP contribution in [-0.2, 0) is 18.4 Å². The molecular formula is C13H13N3O2. The molecule has 1 N–H and O–H groups in total. The van der Waals surface area contributed by atoms with E-state index in [0.717, 1.165) is 5.39 Å². The molecule has 5 heteroatoms. The summed E-state index contributed by atoms with van der Waals surface area (Å²) in [6.45, 7) is 3.64. The summed E-state index contributed by atoms with van der Waals surface area (Å²) >= 11 is 0. The SMILES string of the molecule is C=CC(=O)NCc1nn(C)c(=O)c2ccccc12. The molecule has 0 unspecified atom stereocenters. The number of benzene rings is 1. The van der Waals surface area contributed by atoms with E-state index in [-0.39, 0.29) is 18.0 Å². The fraction of sp³-hybridized carbons (Fsp3) is 0.154. The van der Waals surface area contributed by atoms with E-state index in [1.165, 1.54) is 10.8 Å². The van der Waals surface area contributed by atoms with Crippen molar-refractivity contribution in [3.63, 3.8) is 0 Å². The van der Waals surface area contributed by atoms with Crippen molar-refractivity contribution in [2.75, 3.05) is 0 Å². The highest BCUT2D eigenvalue weighted by Crippen LogP contribution is 2.12. The quantitative estimate of drug-likeness (QED) is 0.808. The molecule has 0 radical (unpaired) electrons. The van der Waals surface area contributed by atoms with Crippen molar-refractivity contribution >= 4 is 16.7 Å².